The van der Waals surface area contributed by atoms with E-state index in [1.54, 1.807) is 24.5 Å². The topological polar surface area (TPSA) is 72.1 Å². The monoisotopic (exact) mass is 405 g/mol. The Morgan fingerprint density at radius 3 is 2.96 bits per heavy atom. The molecule has 2 aliphatic rings. The largest absolute Gasteiger partial charge is 0.489 e. The number of carbonyl (C=O) groups is 1. The van der Waals surface area contributed by atoms with E-state index in [1.165, 1.54) is 0 Å². The van der Waals surface area contributed by atoms with Gasteiger partial charge in [0.15, 0.2) is 11.5 Å². The molecule has 1 saturated heterocycles. The van der Waals surface area contributed by atoms with Gasteiger partial charge in [0.1, 0.15) is 11.9 Å². The molecule has 2 aliphatic heterocycles. The van der Waals surface area contributed by atoms with Crippen LogP contribution in [0.5, 0.6) is 11.5 Å². The highest BCUT2D eigenvalue weighted by atomic mass is 35.5. The van der Waals surface area contributed by atoms with E-state index in [-0.39, 0.29) is 18.4 Å². The number of carbonyl (C=O) groups excluding carboxylic acids is 1. The number of halogens is 1. The Balaban J connectivity index is 1.44. The van der Waals surface area contributed by atoms with Crippen LogP contribution in [0, 0.1) is 0 Å². The molecule has 1 fully saturated rings. The van der Waals surface area contributed by atoms with E-state index in [1.807, 2.05) is 11.0 Å². The number of furan rings is 1. The van der Waals surface area contributed by atoms with Gasteiger partial charge in [-0.25, -0.2) is 0 Å². The first-order valence-electron chi connectivity index (χ1n) is 9.71. The molecule has 2 atom stereocenters. The van der Waals surface area contributed by atoms with Crippen LogP contribution in [0.15, 0.2) is 34.9 Å². The lowest BCUT2D eigenvalue weighted by Crippen LogP contribution is -2.37. The minimum atomic E-state index is -0.708. The van der Waals surface area contributed by atoms with Crippen LogP contribution in [0.2, 0.25) is 5.02 Å². The lowest BCUT2D eigenvalue weighted by atomic mass is 10.0. The number of hydrogen-bond donors (Lipinski definition) is 1. The number of likely N-dealkylation sites (tertiary alicyclic amines) is 1. The molecule has 0 bridgehead atoms. The molecule has 28 heavy (non-hydrogen) atoms. The summed E-state index contributed by atoms with van der Waals surface area (Å²) in [6.45, 7) is 1.84. The van der Waals surface area contributed by atoms with Gasteiger partial charge in [-0.05, 0) is 42.7 Å². The van der Waals surface area contributed by atoms with Gasteiger partial charge < -0.3 is 23.9 Å². The SMILES string of the molecule is O=C(Cc1cc(Cl)c2c(c1)OCCCO2)N1CCC[C@@H]1C[C@H](O)c1ccco1. The number of hydrogen-bond acceptors (Lipinski definition) is 5. The van der Waals surface area contributed by atoms with Crippen LogP contribution in [-0.2, 0) is 11.2 Å². The quantitative estimate of drug-likeness (QED) is 0.820. The van der Waals surface area contributed by atoms with Crippen molar-refractivity contribution in [2.24, 2.45) is 0 Å². The summed E-state index contributed by atoms with van der Waals surface area (Å²) < 4.78 is 16.6. The zero-order valence-corrected chi connectivity index (χ0v) is 16.4. The van der Waals surface area contributed by atoms with E-state index in [0.29, 0.717) is 48.5 Å². The number of amides is 1. The molecule has 0 radical (unpaired) electrons. The summed E-state index contributed by atoms with van der Waals surface area (Å²) in [7, 11) is 0. The van der Waals surface area contributed by atoms with Gasteiger partial charge in [0, 0.05) is 25.4 Å². The molecule has 2 aromatic rings. The van der Waals surface area contributed by atoms with E-state index < -0.39 is 6.10 Å². The first-order chi connectivity index (χ1) is 13.6. The summed E-state index contributed by atoms with van der Waals surface area (Å²) in [6, 6.07) is 7.13. The second-order valence-corrected chi connectivity index (χ2v) is 7.69. The number of rotatable bonds is 5. The fraction of sp³-hybridized carbons (Fsp3) is 0.476. The number of nitrogens with zero attached hydrogens (tertiary/aromatic N) is 1. The summed E-state index contributed by atoms with van der Waals surface area (Å²) in [5, 5.41) is 10.8. The summed E-state index contributed by atoms with van der Waals surface area (Å²) in [5.41, 5.74) is 0.802. The van der Waals surface area contributed by atoms with E-state index in [9.17, 15) is 9.90 Å². The van der Waals surface area contributed by atoms with Gasteiger partial charge in [-0.3, -0.25) is 4.79 Å². The van der Waals surface area contributed by atoms with E-state index >= 15 is 0 Å². The van der Waals surface area contributed by atoms with Crippen molar-refractivity contribution in [3.05, 3.63) is 46.9 Å². The Morgan fingerprint density at radius 2 is 2.14 bits per heavy atom. The van der Waals surface area contributed by atoms with Crippen molar-refractivity contribution in [3.63, 3.8) is 0 Å². The van der Waals surface area contributed by atoms with Crippen LogP contribution >= 0.6 is 11.6 Å². The first kappa shape index (κ1) is 19.2. The average Bonchev–Trinajstić information content (AvgIpc) is 3.30. The average molecular weight is 406 g/mol. The number of ether oxygens (including phenoxy) is 2. The Bertz CT molecular complexity index is 822. The van der Waals surface area contributed by atoms with Crippen molar-refractivity contribution in [1.82, 2.24) is 4.90 Å². The molecule has 0 aliphatic carbocycles. The first-order valence-corrected chi connectivity index (χ1v) is 10.1. The van der Waals surface area contributed by atoms with Gasteiger partial charge in [0.25, 0.3) is 0 Å². The van der Waals surface area contributed by atoms with Gasteiger partial charge in [-0.1, -0.05) is 11.6 Å². The van der Waals surface area contributed by atoms with Crippen LogP contribution in [-0.4, -0.2) is 41.7 Å². The van der Waals surface area contributed by atoms with Crippen molar-refractivity contribution >= 4 is 17.5 Å². The molecular formula is C21H24ClNO5. The molecule has 1 aromatic carbocycles. The summed E-state index contributed by atoms with van der Waals surface area (Å²) >= 11 is 6.34. The van der Waals surface area contributed by atoms with Crippen molar-refractivity contribution in [2.45, 2.75) is 44.2 Å². The zero-order valence-electron chi connectivity index (χ0n) is 15.6. The van der Waals surface area contributed by atoms with Gasteiger partial charge >= 0.3 is 0 Å². The van der Waals surface area contributed by atoms with Crippen LogP contribution in [0.25, 0.3) is 0 Å². The molecule has 0 saturated carbocycles. The maximum Gasteiger partial charge on any atom is 0.227 e. The summed E-state index contributed by atoms with van der Waals surface area (Å²) in [4.78, 5) is 14.8. The lowest BCUT2D eigenvalue weighted by Gasteiger charge is -2.26. The van der Waals surface area contributed by atoms with E-state index in [0.717, 1.165) is 24.8 Å². The van der Waals surface area contributed by atoms with Crippen molar-refractivity contribution in [1.29, 1.82) is 0 Å². The Morgan fingerprint density at radius 1 is 1.29 bits per heavy atom. The number of benzene rings is 1. The standard InChI is InChI=1S/C21H24ClNO5/c22-16-10-14(11-19-21(16)28-9-3-8-27-19)12-20(25)23-6-1-4-15(23)13-17(24)18-5-2-7-26-18/h2,5,7,10-11,15,17,24H,1,3-4,6,8-9,12-13H2/t15-,17+/m1/s1. The molecule has 150 valence electrons. The third-order valence-corrected chi connectivity index (χ3v) is 5.56. The van der Waals surface area contributed by atoms with E-state index in [4.69, 9.17) is 25.5 Å². The predicted octanol–water partition coefficient (Wildman–Crippen LogP) is 3.75. The lowest BCUT2D eigenvalue weighted by molar-refractivity contribution is -0.131. The molecule has 3 heterocycles. The highest BCUT2D eigenvalue weighted by Crippen LogP contribution is 2.38. The molecule has 1 N–H and O–H groups in total. The van der Waals surface area contributed by atoms with Crippen LogP contribution in [0.3, 0.4) is 0 Å². The molecule has 7 heteroatoms. The van der Waals surface area contributed by atoms with Crippen molar-refractivity contribution in [2.75, 3.05) is 19.8 Å². The third-order valence-electron chi connectivity index (χ3n) is 5.28. The maximum absolute atomic E-state index is 12.9. The number of fused-ring (bicyclic) bond motifs is 1. The van der Waals surface area contributed by atoms with Crippen LogP contribution < -0.4 is 9.47 Å². The maximum atomic E-state index is 12.9. The number of aliphatic hydroxyl groups is 1. The molecule has 1 amide bonds. The normalized spacial score (nSPS) is 20.1. The fourth-order valence-corrected chi connectivity index (χ4v) is 4.21. The fourth-order valence-electron chi connectivity index (χ4n) is 3.93. The number of aliphatic hydroxyl groups excluding tert-OH is 1. The summed E-state index contributed by atoms with van der Waals surface area (Å²) in [6.07, 6.45) is 4.16. The second-order valence-electron chi connectivity index (χ2n) is 7.28. The minimum absolute atomic E-state index is 0.00322. The molecule has 1 aromatic heterocycles. The van der Waals surface area contributed by atoms with Gasteiger partial charge in [0.05, 0.1) is 30.9 Å². The smallest absolute Gasteiger partial charge is 0.227 e. The van der Waals surface area contributed by atoms with Crippen molar-refractivity contribution in [3.8, 4) is 11.5 Å². The Hall–Kier alpha value is -2.18. The highest BCUT2D eigenvalue weighted by molar-refractivity contribution is 6.32. The molecule has 0 unspecified atom stereocenters. The van der Waals surface area contributed by atoms with Crippen LogP contribution in [0.4, 0.5) is 0 Å². The van der Waals surface area contributed by atoms with Crippen LogP contribution in [0.1, 0.15) is 43.1 Å². The van der Waals surface area contributed by atoms with Gasteiger partial charge in [-0.15, -0.1) is 0 Å². The molecule has 6 nitrogen and oxygen atoms in total. The Kier molecular flexibility index (Phi) is 5.78. The Labute approximate surface area is 169 Å². The van der Waals surface area contributed by atoms with Gasteiger partial charge in [-0.2, -0.15) is 0 Å². The van der Waals surface area contributed by atoms with Crippen molar-refractivity contribution < 1.29 is 23.8 Å². The van der Waals surface area contributed by atoms with E-state index in [2.05, 4.69) is 0 Å². The highest BCUT2D eigenvalue weighted by Gasteiger charge is 2.31. The third kappa shape index (κ3) is 4.13. The molecule has 0 spiro atoms. The predicted molar refractivity (Wildman–Crippen MR) is 104 cm³/mol. The minimum Gasteiger partial charge on any atom is -0.489 e. The van der Waals surface area contributed by atoms with Gasteiger partial charge in [0.2, 0.25) is 5.91 Å². The molecule has 4 rings (SSSR count). The summed E-state index contributed by atoms with van der Waals surface area (Å²) in [5.74, 6) is 1.71. The zero-order chi connectivity index (χ0) is 19.5. The molecular weight excluding hydrogens is 382 g/mol. The second kappa shape index (κ2) is 8.45.